The van der Waals surface area contributed by atoms with Crippen LogP contribution in [0.1, 0.15) is 38.7 Å². The highest BCUT2D eigenvalue weighted by atomic mass is 16.6. The van der Waals surface area contributed by atoms with Gasteiger partial charge in [0, 0.05) is 60.7 Å². The predicted octanol–water partition coefficient (Wildman–Crippen LogP) is 3.03. The topological polar surface area (TPSA) is 153 Å². The molecule has 12 heteroatoms. The molecule has 0 fully saturated rings. The Bertz CT molecular complexity index is 1450. The Balaban J connectivity index is 1.50. The number of aliphatic hydroxyl groups is 1. The molecule has 2 heterocycles. The largest absolute Gasteiger partial charge is 0.493 e. The molecule has 2 aromatic rings. The summed E-state index contributed by atoms with van der Waals surface area (Å²) in [5.41, 5.74) is 1.52. The number of dihydropyridines is 1. The first-order chi connectivity index (χ1) is 20.5. The number of nitrogens with zero attached hydrogens (tertiary/aromatic N) is 2. The third-order valence-electron chi connectivity index (χ3n) is 7.52. The number of para-hydroxylation sites is 2. The summed E-state index contributed by atoms with van der Waals surface area (Å²) in [6.45, 7) is 6.58. The number of amides is 1. The summed E-state index contributed by atoms with van der Waals surface area (Å²) < 4.78 is 16.1. The Morgan fingerprint density at radius 1 is 1.21 bits per heavy atom. The monoisotopic (exact) mass is 594 g/mol. The highest BCUT2D eigenvalue weighted by Gasteiger charge is 2.42. The smallest absolute Gasteiger partial charge is 0.336 e. The molecule has 2 atom stereocenters. The van der Waals surface area contributed by atoms with Crippen molar-refractivity contribution >= 4 is 17.6 Å². The van der Waals surface area contributed by atoms with Gasteiger partial charge in [0.1, 0.15) is 12.7 Å². The van der Waals surface area contributed by atoms with Crippen molar-refractivity contribution in [2.75, 3.05) is 40.5 Å². The molecule has 3 N–H and O–H groups in total. The van der Waals surface area contributed by atoms with E-state index in [9.17, 15) is 24.8 Å². The maximum atomic E-state index is 14.1. The molecule has 2 aliphatic rings. The molecule has 2 unspecified atom stereocenters. The summed E-state index contributed by atoms with van der Waals surface area (Å²) in [7, 11) is 2.81. The summed E-state index contributed by atoms with van der Waals surface area (Å²) in [4.78, 5) is 39.8. The molecular formula is C31H38N4O8. The van der Waals surface area contributed by atoms with Gasteiger partial charge in [-0.15, -0.1) is 0 Å². The van der Waals surface area contributed by atoms with Crippen LogP contribution in [0.2, 0.25) is 0 Å². The van der Waals surface area contributed by atoms with Crippen molar-refractivity contribution in [3.8, 4) is 11.5 Å². The van der Waals surface area contributed by atoms with Gasteiger partial charge in [-0.1, -0.05) is 24.3 Å². The lowest BCUT2D eigenvalue weighted by Gasteiger charge is -2.41. The number of nitrogens with one attached hydrogen (secondary N) is 2. The van der Waals surface area contributed by atoms with Crippen molar-refractivity contribution in [2.24, 2.45) is 0 Å². The second kappa shape index (κ2) is 13.3. The number of methoxy groups -OCH3 is 2. The van der Waals surface area contributed by atoms with E-state index in [1.807, 2.05) is 26.0 Å². The van der Waals surface area contributed by atoms with Gasteiger partial charge in [0.15, 0.2) is 11.5 Å². The third-order valence-corrected chi connectivity index (χ3v) is 7.52. The maximum absolute atomic E-state index is 14.1. The van der Waals surface area contributed by atoms with E-state index in [2.05, 4.69) is 10.6 Å². The Morgan fingerprint density at radius 3 is 2.60 bits per heavy atom. The van der Waals surface area contributed by atoms with E-state index in [4.69, 9.17) is 14.2 Å². The van der Waals surface area contributed by atoms with E-state index in [-0.39, 0.29) is 30.3 Å². The number of non-ortho nitro benzene ring substituents is 1. The minimum Gasteiger partial charge on any atom is -0.493 e. The molecule has 0 aliphatic carbocycles. The molecule has 2 aromatic carbocycles. The van der Waals surface area contributed by atoms with E-state index in [0.29, 0.717) is 53.5 Å². The van der Waals surface area contributed by atoms with Gasteiger partial charge < -0.3 is 34.9 Å². The van der Waals surface area contributed by atoms with Crippen molar-refractivity contribution < 1.29 is 33.8 Å². The molecule has 4 rings (SSSR count). The summed E-state index contributed by atoms with van der Waals surface area (Å²) in [6.07, 6.45) is -0.323. The van der Waals surface area contributed by atoms with Crippen LogP contribution in [0, 0.1) is 10.1 Å². The zero-order valence-corrected chi connectivity index (χ0v) is 25.0. The molecule has 230 valence electrons. The molecule has 0 radical (unpaired) electrons. The number of β-amino-alcohol motifs (C(OH)–C–C–N with tert-alkyl or cyclic N) is 1. The van der Waals surface area contributed by atoms with Crippen LogP contribution < -0.4 is 20.1 Å². The number of carbonyl (C=O) groups excluding carboxylic acids is 2. The molecular weight excluding hydrogens is 556 g/mol. The minimum atomic E-state index is -0.844. The number of aliphatic hydroxyl groups excluding tert-OH is 1. The average Bonchev–Trinajstić information content (AvgIpc) is 2.99. The van der Waals surface area contributed by atoms with E-state index in [0.717, 1.165) is 0 Å². The van der Waals surface area contributed by atoms with Crippen molar-refractivity contribution in [3.63, 3.8) is 0 Å². The fraction of sp³-hybridized carbons (Fsp3) is 0.419. The van der Waals surface area contributed by atoms with Gasteiger partial charge in [0.05, 0.1) is 30.6 Å². The van der Waals surface area contributed by atoms with E-state index < -0.39 is 28.5 Å². The zero-order valence-electron chi connectivity index (χ0n) is 25.0. The quantitative estimate of drug-likeness (QED) is 0.190. The molecule has 12 nitrogen and oxygen atoms in total. The van der Waals surface area contributed by atoms with Crippen molar-refractivity contribution in [1.29, 1.82) is 0 Å². The lowest BCUT2D eigenvalue weighted by Crippen LogP contribution is -2.55. The number of nitro groups is 1. The number of allylic oxidation sites excluding steroid dienone is 1. The van der Waals surface area contributed by atoms with Gasteiger partial charge in [-0.25, -0.2) is 4.79 Å². The van der Waals surface area contributed by atoms with E-state index in [1.165, 1.54) is 19.2 Å². The molecule has 0 saturated carbocycles. The van der Waals surface area contributed by atoms with Crippen LogP contribution in [0.5, 0.6) is 11.5 Å². The Labute approximate surface area is 250 Å². The molecule has 2 aliphatic heterocycles. The number of hydrogen-bond acceptors (Lipinski definition) is 10. The van der Waals surface area contributed by atoms with Crippen LogP contribution in [-0.4, -0.2) is 78.9 Å². The number of carbonyl (C=O) groups is 2. The standard InChI is InChI=1S/C31H38N4O8/c1-19-26(30(38)42-5)27(20-9-8-10-21(15-20)35(39)40)28-23(33-19)13-14-34(29(28)37)18-31(2,3)32-16-22(36)17-43-25-12-7-6-11-24(25)41-4/h6-12,15,22,27,32-33,36H,13-14,16-18H2,1-5H3. The minimum absolute atomic E-state index is 0.0426. The SMILES string of the molecule is COC(=O)C1=C(C)NC2=C(C(=O)N(CC(C)(C)NCC(O)COc3ccccc3OC)CC2)C1c1cccc([N+](=O)[O-])c1. The van der Waals surface area contributed by atoms with Crippen LogP contribution in [0.3, 0.4) is 0 Å². The Hall–Kier alpha value is -4.42. The van der Waals surface area contributed by atoms with E-state index in [1.54, 1.807) is 43.2 Å². The summed E-state index contributed by atoms with van der Waals surface area (Å²) in [5, 5.41) is 28.7. The van der Waals surface area contributed by atoms with Crippen LogP contribution in [0.4, 0.5) is 5.69 Å². The molecule has 43 heavy (non-hydrogen) atoms. The van der Waals surface area contributed by atoms with E-state index >= 15 is 0 Å². The second-order valence-electron chi connectivity index (χ2n) is 11.2. The average molecular weight is 595 g/mol. The van der Waals surface area contributed by atoms with Gasteiger partial charge in [0.2, 0.25) is 0 Å². The molecule has 0 aromatic heterocycles. The van der Waals surface area contributed by atoms with Crippen LogP contribution >= 0.6 is 0 Å². The number of rotatable bonds is 12. The van der Waals surface area contributed by atoms with Crippen LogP contribution in [0.15, 0.2) is 71.1 Å². The van der Waals surface area contributed by atoms with Gasteiger partial charge >= 0.3 is 5.97 Å². The fourth-order valence-corrected chi connectivity index (χ4v) is 5.46. The van der Waals surface area contributed by atoms with Gasteiger partial charge in [-0.05, 0) is 38.5 Å². The third kappa shape index (κ3) is 7.15. The number of nitro benzene ring substituents is 1. The lowest BCUT2D eigenvalue weighted by atomic mass is 9.78. The summed E-state index contributed by atoms with van der Waals surface area (Å²) >= 11 is 0. The van der Waals surface area contributed by atoms with Crippen LogP contribution in [-0.2, 0) is 14.3 Å². The summed E-state index contributed by atoms with van der Waals surface area (Å²) in [6, 6.07) is 13.2. The maximum Gasteiger partial charge on any atom is 0.336 e. The highest BCUT2D eigenvalue weighted by Crippen LogP contribution is 2.42. The summed E-state index contributed by atoms with van der Waals surface area (Å²) in [5.74, 6) is -0.648. The zero-order chi connectivity index (χ0) is 31.3. The Morgan fingerprint density at radius 2 is 1.93 bits per heavy atom. The highest BCUT2D eigenvalue weighted by molar-refractivity contribution is 6.02. The van der Waals surface area contributed by atoms with Crippen molar-refractivity contribution in [3.05, 3.63) is 86.7 Å². The van der Waals surface area contributed by atoms with Gasteiger partial charge in [-0.3, -0.25) is 14.9 Å². The number of esters is 1. The van der Waals surface area contributed by atoms with Crippen molar-refractivity contribution in [2.45, 2.75) is 44.8 Å². The fourth-order valence-electron chi connectivity index (χ4n) is 5.46. The number of hydrogen-bond donors (Lipinski definition) is 3. The molecule has 0 bridgehead atoms. The molecule has 0 spiro atoms. The number of benzene rings is 2. The molecule has 1 amide bonds. The van der Waals surface area contributed by atoms with Gasteiger partial charge in [-0.2, -0.15) is 0 Å². The van der Waals surface area contributed by atoms with Crippen LogP contribution in [0.25, 0.3) is 0 Å². The molecule has 0 saturated heterocycles. The normalized spacial score (nSPS) is 17.7. The number of ether oxygens (including phenoxy) is 3. The predicted molar refractivity (Wildman–Crippen MR) is 158 cm³/mol. The first kappa shape index (κ1) is 31.5. The van der Waals surface area contributed by atoms with Crippen molar-refractivity contribution in [1.82, 2.24) is 15.5 Å². The lowest BCUT2D eigenvalue weighted by molar-refractivity contribution is -0.384. The Kier molecular flexibility index (Phi) is 9.72. The first-order valence-electron chi connectivity index (χ1n) is 14.0. The second-order valence-corrected chi connectivity index (χ2v) is 11.2. The van der Waals surface area contributed by atoms with Gasteiger partial charge in [0.25, 0.3) is 11.6 Å². The first-order valence-corrected chi connectivity index (χ1v) is 14.0.